The molecule has 1 saturated heterocycles. The van der Waals surface area contributed by atoms with Crippen LogP contribution in [0.3, 0.4) is 0 Å². The maximum Gasteiger partial charge on any atom is 0.328 e. The number of nitrogens with zero attached hydrogens (tertiary/aromatic N) is 3. The summed E-state index contributed by atoms with van der Waals surface area (Å²) in [5.41, 5.74) is 1.76. The van der Waals surface area contributed by atoms with Crippen molar-refractivity contribution in [3.63, 3.8) is 0 Å². The zero-order chi connectivity index (χ0) is 15.5. The summed E-state index contributed by atoms with van der Waals surface area (Å²) in [5.74, 6) is 0.168. The smallest absolute Gasteiger partial charge is 0.328 e. The van der Waals surface area contributed by atoms with Gasteiger partial charge in [-0.1, -0.05) is 25.0 Å². The number of amides is 1. The Hall–Kier alpha value is -2.04. The van der Waals surface area contributed by atoms with Gasteiger partial charge >= 0.3 is 5.69 Å². The Morgan fingerprint density at radius 3 is 2.36 bits per heavy atom. The molecular formula is C17H23N3O2. The highest BCUT2D eigenvalue weighted by Gasteiger charge is 2.17. The van der Waals surface area contributed by atoms with E-state index in [1.54, 1.807) is 16.2 Å². The summed E-state index contributed by atoms with van der Waals surface area (Å²) < 4.78 is 3.36. The number of benzene rings is 1. The van der Waals surface area contributed by atoms with E-state index in [9.17, 15) is 9.59 Å². The van der Waals surface area contributed by atoms with E-state index in [4.69, 9.17) is 0 Å². The quantitative estimate of drug-likeness (QED) is 0.872. The standard InChI is InChI=1S/C17H23N3O2/c1-18-14-8-4-5-9-15(14)20(17(18)22)13-10-16(21)19-11-6-2-3-7-12-19/h4-5,8-9H,2-3,6-7,10-13H2,1H3. The molecule has 0 unspecified atom stereocenters. The Morgan fingerprint density at radius 2 is 1.68 bits per heavy atom. The van der Waals surface area contributed by atoms with Crippen molar-refractivity contribution in [1.82, 2.24) is 14.0 Å². The fourth-order valence-electron chi connectivity index (χ4n) is 3.26. The number of hydrogen-bond donors (Lipinski definition) is 0. The van der Waals surface area contributed by atoms with Gasteiger partial charge in [0.1, 0.15) is 0 Å². The predicted molar refractivity (Wildman–Crippen MR) is 86.8 cm³/mol. The summed E-state index contributed by atoms with van der Waals surface area (Å²) in [5, 5.41) is 0. The molecule has 1 aliphatic heterocycles. The van der Waals surface area contributed by atoms with E-state index in [0.29, 0.717) is 13.0 Å². The first-order valence-corrected chi connectivity index (χ1v) is 8.10. The van der Waals surface area contributed by atoms with Gasteiger partial charge in [-0.15, -0.1) is 0 Å². The molecule has 0 bridgehead atoms. The van der Waals surface area contributed by atoms with E-state index >= 15 is 0 Å². The lowest BCUT2D eigenvalue weighted by Crippen LogP contribution is -2.33. The Morgan fingerprint density at radius 1 is 1.05 bits per heavy atom. The van der Waals surface area contributed by atoms with Crippen LogP contribution in [0.5, 0.6) is 0 Å². The zero-order valence-corrected chi connectivity index (χ0v) is 13.1. The number of likely N-dealkylation sites (tertiary alicyclic amines) is 1. The Balaban J connectivity index is 1.75. The third kappa shape index (κ3) is 2.80. The first-order valence-electron chi connectivity index (χ1n) is 8.10. The number of aromatic nitrogens is 2. The van der Waals surface area contributed by atoms with Crippen LogP contribution in [0, 0.1) is 0 Å². The number of aryl methyl sites for hydroxylation is 2. The maximum atomic E-state index is 12.4. The molecule has 2 heterocycles. The highest BCUT2D eigenvalue weighted by Crippen LogP contribution is 2.14. The summed E-state index contributed by atoms with van der Waals surface area (Å²) in [4.78, 5) is 26.7. The molecule has 5 heteroatoms. The average molecular weight is 301 g/mol. The van der Waals surface area contributed by atoms with Gasteiger partial charge in [0.15, 0.2) is 0 Å². The number of para-hydroxylation sites is 2. The van der Waals surface area contributed by atoms with Crippen LogP contribution in [0.15, 0.2) is 29.1 Å². The lowest BCUT2D eigenvalue weighted by molar-refractivity contribution is -0.131. The number of imidazole rings is 1. The van der Waals surface area contributed by atoms with Gasteiger partial charge in [-0.25, -0.2) is 4.79 Å². The summed E-state index contributed by atoms with van der Waals surface area (Å²) in [6.07, 6.45) is 5.02. The normalized spacial score (nSPS) is 16.0. The van der Waals surface area contributed by atoms with Crippen LogP contribution in [-0.4, -0.2) is 33.0 Å². The molecule has 0 spiro atoms. The monoisotopic (exact) mass is 301 g/mol. The van der Waals surface area contributed by atoms with Crippen LogP contribution < -0.4 is 5.69 Å². The third-order valence-electron chi connectivity index (χ3n) is 4.56. The molecule has 0 N–H and O–H groups in total. The third-order valence-corrected chi connectivity index (χ3v) is 4.56. The van der Waals surface area contributed by atoms with E-state index in [2.05, 4.69) is 0 Å². The lowest BCUT2D eigenvalue weighted by Gasteiger charge is -2.20. The summed E-state index contributed by atoms with van der Waals surface area (Å²) in [6, 6.07) is 7.72. The lowest BCUT2D eigenvalue weighted by atomic mass is 10.2. The zero-order valence-electron chi connectivity index (χ0n) is 13.1. The van der Waals surface area contributed by atoms with Crippen molar-refractivity contribution >= 4 is 16.9 Å². The topological polar surface area (TPSA) is 47.2 Å². The predicted octanol–water partition coefficient (Wildman–Crippen LogP) is 2.13. The van der Waals surface area contributed by atoms with Crippen LogP contribution >= 0.6 is 0 Å². The second kappa shape index (κ2) is 6.38. The molecule has 2 aromatic rings. The molecule has 1 fully saturated rings. The van der Waals surface area contributed by atoms with Crippen LogP contribution in [0.2, 0.25) is 0 Å². The number of hydrogen-bond acceptors (Lipinski definition) is 2. The molecule has 1 amide bonds. The van der Waals surface area contributed by atoms with E-state index < -0.39 is 0 Å². The van der Waals surface area contributed by atoms with Gasteiger partial charge in [0, 0.05) is 33.1 Å². The van der Waals surface area contributed by atoms with Crippen molar-refractivity contribution in [2.45, 2.75) is 38.6 Å². The van der Waals surface area contributed by atoms with Gasteiger partial charge in [0.05, 0.1) is 11.0 Å². The van der Waals surface area contributed by atoms with Crippen molar-refractivity contribution in [2.75, 3.05) is 13.1 Å². The van der Waals surface area contributed by atoms with Crippen LogP contribution in [0.4, 0.5) is 0 Å². The molecule has 118 valence electrons. The van der Waals surface area contributed by atoms with Crippen molar-refractivity contribution in [3.8, 4) is 0 Å². The minimum Gasteiger partial charge on any atom is -0.343 e. The molecule has 1 aliphatic rings. The van der Waals surface area contributed by atoms with Gasteiger partial charge in [-0.05, 0) is 25.0 Å². The van der Waals surface area contributed by atoms with Crippen LogP contribution in [0.1, 0.15) is 32.1 Å². The molecule has 0 aliphatic carbocycles. The SMILES string of the molecule is Cn1c(=O)n(CCC(=O)N2CCCCCC2)c2ccccc21. The Bertz CT molecular complexity index is 721. The Labute approximate surface area is 130 Å². The number of fused-ring (bicyclic) bond motifs is 1. The molecule has 1 aromatic carbocycles. The number of carbonyl (C=O) groups is 1. The van der Waals surface area contributed by atoms with Crippen molar-refractivity contribution in [3.05, 3.63) is 34.7 Å². The Kier molecular flexibility index (Phi) is 4.32. The molecule has 22 heavy (non-hydrogen) atoms. The molecule has 0 atom stereocenters. The maximum absolute atomic E-state index is 12.4. The van der Waals surface area contributed by atoms with Crippen molar-refractivity contribution in [1.29, 1.82) is 0 Å². The summed E-state index contributed by atoms with van der Waals surface area (Å²) in [6.45, 7) is 2.18. The fourth-order valence-corrected chi connectivity index (χ4v) is 3.26. The molecule has 0 saturated carbocycles. The highest BCUT2D eigenvalue weighted by molar-refractivity contribution is 5.78. The van der Waals surface area contributed by atoms with Crippen molar-refractivity contribution < 1.29 is 4.79 Å². The molecule has 5 nitrogen and oxygen atoms in total. The van der Waals surface area contributed by atoms with Gasteiger partial charge in [0.25, 0.3) is 0 Å². The second-order valence-corrected chi connectivity index (χ2v) is 6.03. The first-order chi connectivity index (χ1) is 10.7. The molecular weight excluding hydrogens is 278 g/mol. The van der Waals surface area contributed by atoms with Crippen molar-refractivity contribution in [2.24, 2.45) is 7.05 Å². The average Bonchev–Trinajstić information content (AvgIpc) is 2.75. The second-order valence-electron chi connectivity index (χ2n) is 6.03. The number of rotatable bonds is 3. The largest absolute Gasteiger partial charge is 0.343 e. The summed E-state index contributed by atoms with van der Waals surface area (Å²) in [7, 11) is 1.78. The highest BCUT2D eigenvalue weighted by atomic mass is 16.2. The van der Waals surface area contributed by atoms with Crippen LogP contribution in [-0.2, 0) is 18.4 Å². The van der Waals surface area contributed by atoms with Gasteiger partial charge < -0.3 is 4.90 Å². The summed E-state index contributed by atoms with van der Waals surface area (Å²) >= 11 is 0. The fraction of sp³-hybridized carbons (Fsp3) is 0.529. The van der Waals surface area contributed by atoms with Gasteiger partial charge in [-0.2, -0.15) is 0 Å². The molecule has 0 radical (unpaired) electrons. The van der Waals surface area contributed by atoms with Gasteiger partial charge in [-0.3, -0.25) is 13.9 Å². The molecule has 1 aromatic heterocycles. The minimum atomic E-state index is -0.0510. The minimum absolute atomic E-state index is 0.0510. The van der Waals surface area contributed by atoms with Crippen LogP contribution in [0.25, 0.3) is 11.0 Å². The van der Waals surface area contributed by atoms with E-state index in [1.807, 2.05) is 29.2 Å². The van der Waals surface area contributed by atoms with E-state index in [-0.39, 0.29) is 11.6 Å². The molecule has 3 rings (SSSR count). The van der Waals surface area contributed by atoms with E-state index in [0.717, 1.165) is 37.0 Å². The number of carbonyl (C=O) groups excluding carboxylic acids is 1. The first kappa shape index (κ1) is 14.9. The van der Waals surface area contributed by atoms with Gasteiger partial charge in [0.2, 0.25) is 5.91 Å². The van der Waals surface area contributed by atoms with E-state index in [1.165, 1.54) is 12.8 Å².